The van der Waals surface area contributed by atoms with Crippen molar-refractivity contribution in [2.45, 2.75) is 0 Å². The molecule has 10 heteroatoms. The minimum Gasteiger partial charge on any atom is -0.395 e. The third kappa shape index (κ3) is 4.07. The maximum Gasteiger partial charge on any atom is 0.324 e. The van der Waals surface area contributed by atoms with Crippen molar-refractivity contribution in [2.24, 2.45) is 0 Å². The van der Waals surface area contributed by atoms with Crippen molar-refractivity contribution in [2.75, 3.05) is 43.4 Å². The topological polar surface area (TPSA) is 137 Å². The number of amides is 3. The smallest absolute Gasteiger partial charge is 0.324 e. The van der Waals surface area contributed by atoms with E-state index in [4.69, 9.17) is 5.11 Å². The zero-order chi connectivity index (χ0) is 16.8. The SMILES string of the molecule is O=C(CNc1cc([N+](=O)[O-])ccc1NCCO)N1CCNC1=O. The Labute approximate surface area is 131 Å². The van der Waals surface area contributed by atoms with E-state index in [9.17, 15) is 19.7 Å². The zero-order valence-corrected chi connectivity index (χ0v) is 12.2. The van der Waals surface area contributed by atoms with E-state index < -0.39 is 16.9 Å². The largest absolute Gasteiger partial charge is 0.395 e. The van der Waals surface area contributed by atoms with Gasteiger partial charge in [-0.3, -0.25) is 19.8 Å². The molecule has 0 saturated carbocycles. The predicted octanol–water partition coefficient (Wildman–Crippen LogP) is -0.0373. The van der Waals surface area contributed by atoms with Gasteiger partial charge in [0.15, 0.2) is 0 Å². The molecule has 1 aliphatic heterocycles. The van der Waals surface area contributed by atoms with Crippen LogP contribution in [0.3, 0.4) is 0 Å². The molecule has 23 heavy (non-hydrogen) atoms. The van der Waals surface area contributed by atoms with Crippen molar-refractivity contribution in [3.63, 3.8) is 0 Å². The van der Waals surface area contributed by atoms with E-state index in [2.05, 4.69) is 16.0 Å². The normalized spacial score (nSPS) is 13.6. The van der Waals surface area contributed by atoms with Crippen molar-refractivity contribution >= 4 is 29.0 Å². The average Bonchev–Trinajstić information content (AvgIpc) is 2.97. The van der Waals surface area contributed by atoms with Gasteiger partial charge in [-0.2, -0.15) is 0 Å². The second kappa shape index (κ2) is 7.40. The number of carbonyl (C=O) groups is 2. The van der Waals surface area contributed by atoms with Crippen LogP contribution < -0.4 is 16.0 Å². The van der Waals surface area contributed by atoms with Gasteiger partial charge in [-0.15, -0.1) is 0 Å². The van der Waals surface area contributed by atoms with Crippen molar-refractivity contribution in [1.29, 1.82) is 0 Å². The highest BCUT2D eigenvalue weighted by Gasteiger charge is 2.25. The van der Waals surface area contributed by atoms with Crippen molar-refractivity contribution in [3.8, 4) is 0 Å². The van der Waals surface area contributed by atoms with Crippen LogP contribution >= 0.6 is 0 Å². The van der Waals surface area contributed by atoms with Crippen LogP contribution in [0.4, 0.5) is 21.9 Å². The lowest BCUT2D eigenvalue weighted by molar-refractivity contribution is -0.384. The number of carbonyl (C=O) groups excluding carboxylic acids is 2. The van der Waals surface area contributed by atoms with Crippen LogP contribution in [0.1, 0.15) is 0 Å². The molecule has 0 bridgehead atoms. The fraction of sp³-hybridized carbons (Fsp3) is 0.385. The molecule has 1 heterocycles. The lowest BCUT2D eigenvalue weighted by atomic mass is 10.2. The van der Waals surface area contributed by atoms with E-state index in [1.807, 2.05) is 0 Å². The maximum atomic E-state index is 12.0. The molecule has 0 atom stereocenters. The van der Waals surface area contributed by atoms with Crippen LogP contribution in [0.2, 0.25) is 0 Å². The molecule has 0 unspecified atom stereocenters. The second-order valence-corrected chi connectivity index (χ2v) is 4.77. The number of nitrogens with zero attached hydrogens (tertiary/aromatic N) is 2. The van der Waals surface area contributed by atoms with Gasteiger partial charge in [0.25, 0.3) is 5.69 Å². The number of imide groups is 1. The summed E-state index contributed by atoms with van der Waals surface area (Å²) < 4.78 is 0. The number of nitro benzene ring substituents is 1. The molecule has 2 rings (SSSR count). The van der Waals surface area contributed by atoms with Crippen LogP contribution in [0, 0.1) is 10.1 Å². The Kier molecular flexibility index (Phi) is 5.31. The monoisotopic (exact) mass is 323 g/mol. The minimum absolute atomic E-state index is 0.108. The summed E-state index contributed by atoms with van der Waals surface area (Å²) in [5.74, 6) is -0.431. The van der Waals surface area contributed by atoms with Crippen molar-refractivity contribution < 1.29 is 19.6 Å². The van der Waals surface area contributed by atoms with Gasteiger partial charge in [-0.25, -0.2) is 4.79 Å². The van der Waals surface area contributed by atoms with E-state index in [0.717, 1.165) is 4.90 Å². The Balaban J connectivity index is 2.09. The molecule has 1 fully saturated rings. The van der Waals surface area contributed by atoms with E-state index in [-0.39, 0.29) is 25.4 Å². The van der Waals surface area contributed by atoms with Crippen LogP contribution in [0.25, 0.3) is 0 Å². The van der Waals surface area contributed by atoms with Crippen LogP contribution in [0.5, 0.6) is 0 Å². The lowest BCUT2D eigenvalue weighted by Gasteiger charge is -2.16. The first kappa shape index (κ1) is 16.5. The first-order valence-electron chi connectivity index (χ1n) is 6.98. The summed E-state index contributed by atoms with van der Waals surface area (Å²) in [4.78, 5) is 34.8. The molecule has 1 aromatic carbocycles. The molecule has 0 radical (unpaired) electrons. The van der Waals surface area contributed by atoms with Crippen LogP contribution in [-0.2, 0) is 4.79 Å². The average molecular weight is 323 g/mol. The molecule has 0 aliphatic carbocycles. The third-order valence-electron chi connectivity index (χ3n) is 3.23. The number of nitrogens with one attached hydrogen (secondary N) is 3. The standard InChI is InChI=1S/C13H17N5O5/c19-6-4-14-10-2-1-9(18(22)23)7-11(10)16-8-12(20)17-5-3-15-13(17)21/h1-2,7,14,16,19H,3-6,8H2,(H,15,21). The fourth-order valence-electron chi connectivity index (χ4n) is 2.11. The Hall–Kier alpha value is -2.88. The van der Waals surface area contributed by atoms with E-state index in [0.29, 0.717) is 24.5 Å². The fourth-order valence-corrected chi connectivity index (χ4v) is 2.11. The number of rotatable bonds is 7. The predicted molar refractivity (Wildman–Crippen MR) is 82.3 cm³/mol. The molecular formula is C13H17N5O5. The Morgan fingerprint density at radius 2 is 2.17 bits per heavy atom. The molecule has 3 amide bonds. The molecule has 0 aromatic heterocycles. The van der Waals surface area contributed by atoms with Gasteiger partial charge in [0.1, 0.15) is 0 Å². The lowest BCUT2D eigenvalue weighted by Crippen LogP contribution is -2.38. The molecule has 0 spiro atoms. The van der Waals surface area contributed by atoms with Gasteiger partial charge in [-0.05, 0) is 6.07 Å². The summed E-state index contributed by atoms with van der Waals surface area (Å²) in [5, 5.41) is 27.9. The van der Waals surface area contributed by atoms with Gasteiger partial charge in [0.05, 0.1) is 29.4 Å². The summed E-state index contributed by atoms with van der Waals surface area (Å²) in [7, 11) is 0. The molecule has 1 aliphatic rings. The summed E-state index contributed by atoms with van der Waals surface area (Å²) in [6, 6.07) is 3.65. The van der Waals surface area contributed by atoms with Gasteiger partial charge in [-0.1, -0.05) is 0 Å². The molecule has 4 N–H and O–H groups in total. The number of hydrogen-bond acceptors (Lipinski definition) is 7. The first-order valence-corrected chi connectivity index (χ1v) is 6.98. The number of nitro groups is 1. The number of non-ortho nitro benzene ring substituents is 1. The van der Waals surface area contributed by atoms with E-state index in [1.165, 1.54) is 18.2 Å². The van der Waals surface area contributed by atoms with E-state index >= 15 is 0 Å². The Morgan fingerprint density at radius 1 is 1.39 bits per heavy atom. The number of aliphatic hydroxyl groups excluding tert-OH is 1. The Bertz CT molecular complexity index is 621. The number of anilines is 2. The van der Waals surface area contributed by atoms with Gasteiger partial charge in [0.2, 0.25) is 5.91 Å². The molecule has 124 valence electrons. The summed E-state index contributed by atoms with van der Waals surface area (Å²) in [6.07, 6.45) is 0. The molecule has 10 nitrogen and oxygen atoms in total. The Morgan fingerprint density at radius 3 is 2.78 bits per heavy atom. The van der Waals surface area contributed by atoms with Crippen LogP contribution in [0.15, 0.2) is 18.2 Å². The number of benzene rings is 1. The van der Waals surface area contributed by atoms with Crippen LogP contribution in [-0.4, -0.2) is 59.7 Å². The van der Waals surface area contributed by atoms with Crippen molar-refractivity contribution in [1.82, 2.24) is 10.2 Å². The number of hydrogen-bond donors (Lipinski definition) is 4. The third-order valence-corrected chi connectivity index (χ3v) is 3.23. The number of urea groups is 1. The number of aliphatic hydroxyl groups is 1. The minimum atomic E-state index is -0.545. The summed E-state index contributed by atoms with van der Waals surface area (Å²) >= 11 is 0. The maximum absolute atomic E-state index is 12.0. The van der Waals surface area contributed by atoms with Gasteiger partial charge >= 0.3 is 6.03 Å². The highest BCUT2D eigenvalue weighted by Crippen LogP contribution is 2.26. The highest BCUT2D eigenvalue weighted by molar-refractivity contribution is 5.97. The zero-order valence-electron chi connectivity index (χ0n) is 12.2. The highest BCUT2D eigenvalue weighted by atomic mass is 16.6. The quantitative estimate of drug-likeness (QED) is 0.408. The van der Waals surface area contributed by atoms with E-state index in [1.54, 1.807) is 0 Å². The molecule has 1 aromatic rings. The van der Waals surface area contributed by atoms with Gasteiger partial charge in [0, 0.05) is 31.8 Å². The molecule has 1 saturated heterocycles. The molecular weight excluding hydrogens is 306 g/mol. The first-order chi connectivity index (χ1) is 11.0. The second-order valence-electron chi connectivity index (χ2n) is 4.77. The summed E-state index contributed by atoms with van der Waals surface area (Å²) in [6.45, 7) is 0.676. The van der Waals surface area contributed by atoms with Crippen molar-refractivity contribution in [3.05, 3.63) is 28.3 Å². The van der Waals surface area contributed by atoms with Gasteiger partial charge < -0.3 is 21.1 Å². The summed E-state index contributed by atoms with van der Waals surface area (Å²) in [5.41, 5.74) is 0.734.